The van der Waals surface area contributed by atoms with Crippen LogP contribution in [-0.2, 0) is 4.79 Å². The molecule has 0 aliphatic rings. The third kappa shape index (κ3) is 3.57. The van der Waals surface area contributed by atoms with E-state index in [1.54, 1.807) is 13.8 Å². The van der Waals surface area contributed by atoms with Gasteiger partial charge in [-0.25, -0.2) is 4.79 Å². The summed E-state index contributed by atoms with van der Waals surface area (Å²) in [6, 6.07) is 0. The summed E-state index contributed by atoms with van der Waals surface area (Å²) in [6.45, 7) is 3.36. The van der Waals surface area contributed by atoms with Crippen LogP contribution in [-0.4, -0.2) is 40.0 Å². The number of carboxylic acid groups (broad SMARTS) is 1. The van der Waals surface area contributed by atoms with Crippen LogP contribution >= 0.6 is 0 Å². The van der Waals surface area contributed by atoms with E-state index in [1.165, 1.54) is 0 Å². The normalized spacial score (nSPS) is 16.6. The van der Waals surface area contributed by atoms with Crippen molar-refractivity contribution in [2.24, 2.45) is 0 Å². The molecule has 0 amide bonds. The smallest absolute Gasteiger partial charge is 0.417 e. The molecule has 1 atom stereocenters. The van der Waals surface area contributed by atoms with Gasteiger partial charge in [-0.05, 0) is 19.8 Å². The van der Waals surface area contributed by atoms with Crippen LogP contribution in [0.5, 0.6) is 0 Å². The number of hydrogen-bond donors (Lipinski definition) is 3. The van der Waals surface area contributed by atoms with Crippen molar-refractivity contribution in [2.75, 3.05) is 6.54 Å². The molecule has 0 saturated heterocycles. The fourth-order valence-electron chi connectivity index (χ4n) is 1.14. The molecule has 3 N–H and O–H groups in total. The maximum atomic E-state index is 12.6. The van der Waals surface area contributed by atoms with Crippen LogP contribution in [0.4, 0.5) is 13.2 Å². The second kappa shape index (κ2) is 5.22. The van der Waals surface area contributed by atoms with Gasteiger partial charge in [0.1, 0.15) is 0 Å². The van der Waals surface area contributed by atoms with E-state index in [9.17, 15) is 23.1 Å². The Morgan fingerprint density at radius 3 is 1.88 bits per heavy atom. The highest BCUT2D eigenvalue weighted by atomic mass is 19.4. The second-order valence-electron chi connectivity index (χ2n) is 4.21. The van der Waals surface area contributed by atoms with E-state index in [4.69, 9.17) is 5.11 Å². The van der Waals surface area contributed by atoms with Crippen molar-refractivity contribution < 1.29 is 28.2 Å². The summed E-state index contributed by atoms with van der Waals surface area (Å²) in [5.74, 6) is -2.01. The lowest BCUT2D eigenvalue weighted by molar-refractivity contribution is -0.207. The van der Waals surface area contributed by atoms with Crippen LogP contribution < -0.4 is 5.32 Å². The van der Waals surface area contributed by atoms with Crippen LogP contribution in [0.2, 0.25) is 0 Å². The van der Waals surface area contributed by atoms with Crippen molar-refractivity contribution >= 4 is 5.97 Å². The first-order chi connectivity index (χ1) is 7.52. The quantitative estimate of drug-likeness (QED) is 0.675. The largest absolute Gasteiger partial charge is 0.480 e. The Morgan fingerprint density at radius 1 is 1.24 bits per heavy atom. The molecule has 0 spiro atoms. The number of nitrogens with one attached hydrogen (secondary N) is 1. The SMILES string of the molecule is CCC(O)(CC)CNC(C)(C(=O)O)C(F)(F)F. The van der Waals surface area contributed by atoms with Gasteiger partial charge < -0.3 is 10.2 Å². The van der Waals surface area contributed by atoms with Gasteiger partial charge in [-0.15, -0.1) is 0 Å². The molecule has 1 unspecified atom stereocenters. The third-order valence-electron chi connectivity index (χ3n) is 3.08. The first-order valence-corrected chi connectivity index (χ1v) is 5.30. The predicted octanol–water partition coefficient (Wildman–Crippen LogP) is 1.53. The Labute approximate surface area is 97.8 Å². The Kier molecular flexibility index (Phi) is 4.97. The summed E-state index contributed by atoms with van der Waals surface area (Å²) in [5, 5.41) is 20.4. The lowest BCUT2D eigenvalue weighted by atomic mass is 9.94. The summed E-state index contributed by atoms with van der Waals surface area (Å²) >= 11 is 0. The molecular weight excluding hydrogens is 239 g/mol. The van der Waals surface area contributed by atoms with E-state index in [2.05, 4.69) is 0 Å². The number of alkyl halides is 3. The minimum Gasteiger partial charge on any atom is -0.480 e. The van der Waals surface area contributed by atoms with Crippen LogP contribution in [0.1, 0.15) is 33.6 Å². The van der Waals surface area contributed by atoms with E-state index < -0.39 is 29.8 Å². The molecule has 0 fully saturated rings. The van der Waals surface area contributed by atoms with E-state index in [0.29, 0.717) is 6.92 Å². The molecule has 0 aromatic heterocycles. The number of aliphatic carboxylic acids is 1. The second-order valence-corrected chi connectivity index (χ2v) is 4.21. The molecule has 0 rings (SSSR count). The zero-order valence-corrected chi connectivity index (χ0v) is 10.1. The van der Waals surface area contributed by atoms with Gasteiger partial charge in [-0.2, -0.15) is 13.2 Å². The maximum absolute atomic E-state index is 12.6. The number of rotatable bonds is 6. The summed E-state index contributed by atoms with van der Waals surface area (Å²) in [5.41, 5.74) is -4.38. The number of β-amino-alcohol motifs (C(OH)–C–C–N with tert-alkyl or cyclic N) is 1. The molecule has 0 heterocycles. The van der Waals surface area contributed by atoms with Gasteiger partial charge in [-0.3, -0.25) is 5.32 Å². The van der Waals surface area contributed by atoms with E-state index in [0.717, 1.165) is 0 Å². The van der Waals surface area contributed by atoms with Gasteiger partial charge in [-0.1, -0.05) is 13.8 Å². The lowest BCUT2D eigenvalue weighted by Crippen LogP contribution is -2.63. The van der Waals surface area contributed by atoms with Gasteiger partial charge in [0.15, 0.2) is 0 Å². The van der Waals surface area contributed by atoms with Gasteiger partial charge in [0.2, 0.25) is 5.54 Å². The summed E-state index contributed by atoms with van der Waals surface area (Å²) in [6.07, 6.45) is -4.45. The van der Waals surface area contributed by atoms with Crippen molar-refractivity contribution in [3.8, 4) is 0 Å². The molecule has 17 heavy (non-hydrogen) atoms. The number of halogens is 3. The highest BCUT2D eigenvalue weighted by Gasteiger charge is 2.57. The highest BCUT2D eigenvalue weighted by molar-refractivity contribution is 5.79. The topological polar surface area (TPSA) is 69.6 Å². The number of carboxylic acids is 1. The number of carbonyl (C=O) groups is 1. The van der Waals surface area contributed by atoms with Crippen LogP contribution in [0.15, 0.2) is 0 Å². The number of aliphatic hydroxyl groups is 1. The van der Waals surface area contributed by atoms with Crippen molar-refractivity contribution in [3.05, 3.63) is 0 Å². The fourth-order valence-corrected chi connectivity index (χ4v) is 1.14. The van der Waals surface area contributed by atoms with Gasteiger partial charge in [0, 0.05) is 6.54 Å². The van der Waals surface area contributed by atoms with Gasteiger partial charge >= 0.3 is 12.1 Å². The first kappa shape index (κ1) is 16.2. The van der Waals surface area contributed by atoms with Crippen molar-refractivity contribution in [3.63, 3.8) is 0 Å². The number of hydrogen-bond acceptors (Lipinski definition) is 3. The molecule has 4 nitrogen and oxygen atoms in total. The zero-order chi connectivity index (χ0) is 13.9. The predicted molar refractivity (Wildman–Crippen MR) is 55.6 cm³/mol. The molecule has 0 aliphatic heterocycles. The van der Waals surface area contributed by atoms with Crippen LogP contribution in [0.3, 0.4) is 0 Å². The minimum absolute atomic E-state index is 0.240. The Morgan fingerprint density at radius 2 is 1.65 bits per heavy atom. The monoisotopic (exact) mass is 257 g/mol. The van der Waals surface area contributed by atoms with Crippen LogP contribution in [0.25, 0.3) is 0 Å². The van der Waals surface area contributed by atoms with E-state index in [1.807, 2.05) is 5.32 Å². The Balaban J connectivity index is 4.88. The van der Waals surface area contributed by atoms with Gasteiger partial charge in [0.25, 0.3) is 0 Å². The highest BCUT2D eigenvalue weighted by Crippen LogP contribution is 2.31. The third-order valence-corrected chi connectivity index (χ3v) is 3.08. The standard InChI is InChI=1S/C10H18F3NO3/c1-4-9(17,5-2)6-14-8(3,7(15)16)10(11,12)13/h14,17H,4-6H2,1-3H3,(H,15,16). The Hall–Kier alpha value is -0.820. The molecule has 0 saturated carbocycles. The minimum atomic E-state index is -4.93. The summed E-state index contributed by atoms with van der Waals surface area (Å²) in [4.78, 5) is 10.7. The van der Waals surface area contributed by atoms with E-state index in [-0.39, 0.29) is 12.8 Å². The average molecular weight is 257 g/mol. The van der Waals surface area contributed by atoms with Crippen molar-refractivity contribution in [2.45, 2.75) is 50.9 Å². The molecule has 102 valence electrons. The Bertz CT molecular complexity index is 276. The maximum Gasteiger partial charge on any atom is 0.417 e. The van der Waals surface area contributed by atoms with Gasteiger partial charge in [0.05, 0.1) is 5.60 Å². The van der Waals surface area contributed by atoms with Crippen molar-refractivity contribution in [1.82, 2.24) is 5.32 Å². The molecule has 0 bridgehead atoms. The fraction of sp³-hybridized carbons (Fsp3) is 0.900. The lowest BCUT2D eigenvalue weighted by Gasteiger charge is -2.33. The molecule has 0 aliphatic carbocycles. The molecular formula is C10H18F3NO3. The molecule has 0 radical (unpaired) electrons. The summed E-state index contributed by atoms with van der Waals surface area (Å²) < 4.78 is 37.8. The molecule has 7 heteroatoms. The zero-order valence-electron chi connectivity index (χ0n) is 10.1. The summed E-state index contributed by atoms with van der Waals surface area (Å²) in [7, 11) is 0. The van der Waals surface area contributed by atoms with Crippen molar-refractivity contribution in [1.29, 1.82) is 0 Å². The molecule has 0 aromatic rings. The average Bonchev–Trinajstić information content (AvgIpc) is 2.23. The molecule has 0 aromatic carbocycles. The van der Waals surface area contributed by atoms with Crippen LogP contribution in [0, 0.1) is 0 Å². The van der Waals surface area contributed by atoms with E-state index >= 15 is 0 Å². The first-order valence-electron chi connectivity index (χ1n) is 5.30.